The highest BCUT2D eigenvalue weighted by Gasteiger charge is 2.40. The average molecular weight is 342 g/mol. The number of ether oxygens (including phenoxy) is 2. The predicted molar refractivity (Wildman–Crippen MR) is 86.0 cm³/mol. The maximum Gasteiger partial charge on any atom is 0.324 e. The first-order valence-corrected chi connectivity index (χ1v) is 8.78. The van der Waals surface area contributed by atoms with Crippen molar-refractivity contribution in [3.8, 4) is 5.75 Å². The van der Waals surface area contributed by atoms with E-state index in [1.807, 2.05) is 0 Å². The minimum atomic E-state index is -3.83. The summed E-state index contributed by atoms with van der Waals surface area (Å²) in [6.07, 6.45) is 0. The van der Waals surface area contributed by atoms with Crippen LogP contribution in [0, 0.1) is 5.92 Å². The van der Waals surface area contributed by atoms with Crippen LogP contribution in [0.15, 0.2) is 23.1 Å². The van der Waals surface area contributed by atoms with Crippen LogP contribution in [-0.4, -0.2) is 52.0 Å². The molecule has 0 spiro atoms. The van der Waals surface area contributed by atoms with Gasteiger partial charge in [0.05, 0.1) is 19.9 Å². The van der Waals surface area contributed by atoms with Gasteiger partial charge in [0.15, 0.2) is 0 Å². The lowest BCUT2D eigenvalue weighted by Crippen LogP contribution is -2.49. The summed E-state index contributed by atoms with van der Waals surface area (Å²) < 4.78 is 37.2. The number of carbonyl (C=O) groups is 1. The van der Waals surface area contributed by atoms with Crippen molar-refractivity contribution in [2.24, 2.45) is 5.92 Å². The van der Waals surface area contributed by atoms with Crippen LogP contribution in [0.5, 0.6) is 5.75 Å². The molecule has 1 heterocycles. The van der Waals surface area contributed by atoms with Crippen LogP contribution in [-0.2, 0) is 19.6 Å². The molecule has 0 bridgehead atoms. The summed E-state index contributed by atoms with van der Waals surface area (Å²) in [5.41, 5.74) is 0.472. The second-order valence-electron chi connectivity index (χ2n) is 5.62. The number of hydrogen-bond acceptors (Lipinski definition) is 6. The molecule has 0 aliphatic carbocycles. The minimum absolute atomic E-state index is 0.130. The van der Waals surface area contributed by atoms with E-state index in [4.69, 9.17) is 9.47 Å². The van der Waals surface area contributed by atoms with Gasteiger partial charge in [-0.25, -0.2) is 8.42 Å². The highest BCUT2D eigenvalue weighted by molar-refractivity contribution is 7.89. The maximum absolute atomic E-state index is 13.0. The van der Waals surface area contributed by atoms with Gasteiger partial charge >= 0.3 is 5.97 Å². The lowest BCUT2D eigenvalue weighted by Gasteiger charge is -2.30. The number of hydrogen-bond donors (Lipinski definition) is 1. The third kappa shape index (κ3) is 3.28. The molecule has 0 saturated carbocycles. The molecule has 128 valence electrons. The van der Waals surface area contributed by atoms with Crippen LogP contribution >= 0.6 is 0 Å². The van der Waals surface area contributed by atoms with E-state index >= 15 is 0 Å². The molecule has 1 N–H and O–H groups in total. The van der Waals surface area contributed by atoms with E-state index in [-0.39, 0.29) is 17.4 Å². The van der Waals surface area contributed by atoms with Gasteiger partial charge in [-0.05, 0) is 18.1 Å². The molecule has 0 aromatic heterocycles. The Labute approximate surface area is 136 Å². The molecule has 1 aromatic rings. The zero-order valence-electron chi connectivity index (χ0n) is 13.7. The normalized spacial score (nSPS) is 18.5. The van der Waals surface area contributed by atoms with E-state index in [0.717, 1.165) is 0 Å². The van der Waals surface area contributed by atoms with Crippen LogP contribution in [0.1, 0.15) is 13.8 Å². The summed E-state index contributed by atoms with van der Waals surface area (Å²) in [6.45, 7) is 4.16. The maximum atomic E-state index is 13.0. The Hall–Kier alpha value is -1.80. The third-order valence-corrected chi connectivity index (χ3v) is 5.74. The first kappa shape index (κ1) is 17.6. The van der Waals surface area contributed by atoms with E-state index < -0.39 is 22.0 Å². The monoisotopic (exact) mass is 342 g/mol. The Balaban J connectivity index is 2.53. The van der Waals surface area contributed by atoms with E-state index in [1.54, 1.807) is 26.0 Å². The number of nitrogens with zero attached hydrogens (tertiary/aromatic N) is 1. The Morgan fingerprint density at radius 1 is 1.30 bits per heavy atom. The molecule has 0 amide bonds. The first-order valence-electron chi connectivity index (χ1n) is 7.34. The fourth-order valence-corrected chi connectivity index (χ4v) is 4.54. The summed E-state index contributed by atoms with van der Waals surface area (Å²) in [7, 11) is -1.05. The first-order chi connectivity index (χ1) is 10.8. The molecule has 8 heteroatoms. The summed E-state index contributed by atoms with van der Waals surface area (Å²) in [4.78, 5) is 12.2. The number of esters is 1. The summed E-state index contributed by atoms with van der Waals surface area (Å²) >= 11 is 0. The van der Waals surface area contributed by atoms with E-state index in [0.29, 0.717) is 18.0 Å². The number of methoxy groups -OCH3 is 2. The molecular weight excluding hydrogens is 320 g/mol. The molecule has 1 aliphatic heterocycles. The zero-order valence-corrected chi connectivity index (χ0v) is 14.5. The Morgan fingerprint density at radius 2 is 2.00 bits per heavy atom. The fraction of sp³-hybridized carbons (Fsp3) is 0.533. The summed E-state index contributed by atoms with van der Waals surface area (Å²) in [6, 6.07) is 3.85. The Kier molecular flexibility index (Phi) is 5.16. The largest absolute Gasteiger partial charge is 0.497 e. The van der Waals surface area contributed by atoms with Crippen molar-refractivity contribution >= 4 is 21.7 Å². The van der Waals surface area contributed by atoms with Crippen molar-refractivity contribution in [3.05, 3.63) is 18.2 Å². The van der Waals surface area contributed by atoms with Crippen molar-refractivity contribution in [1.29, 1.82) is 0 Å². The molecule has 2 rings (SSSR count). The van der Waals surface area contributed by atoms with Gasteiger partial charge in [0.2, 0.25) is 10.0 Å². The SMILES string of the molecule is COC(=O)[C@@H](C(C)C)N1CCNc2cc(OC)ccc2S1(=O)=O. The highest BCUT2D eigenvalue weighted by Crippen LogP contribution is 2.32. The summed E-state index contributed by atoms with van der Waals surface area (Å²) in [5, 5.41) is 3.08. The van der Waals surface area contributed by atoms with Crippen LogP contribution in [0.3, 0.4) is 0 Å². The van der Waals surface area contributed by atoms with E-state index in [9.17, 15) is 13.2 Å². The Bertz CT molecular complexity index is 687. The van der Waals surface area contributed by atoms with Crippen molar-refractivity contribution < 1.29 is 22.7 Å². The molecule has 7 nitrogen and oxygen atoms in total. The van der Waals surface area contributed by atoms with E-state index in [1.165, 1.54) is 24.6 Å². The van der Waals surface area contributed by atoms with Gasteiger partial charge in [-0.1, -0.05) is 13.8 Å². The van der Waals surface area contributed by atoms with Gasteiger partial charge in [-0.3, -0.25) is 4.79 Å². The van der Waals surface area contributed by atoms with Crippen molar-refractivity contribution in [2.45, 2.75) is 24.8 Å². The van der Waals surface area contributed by atoms with Gasteiger partial charge in [-0.15, -0.1) is 0 Å². The fourth-order valence-electron chi connectivity index (χ4n) is 2.68. The van der Waals surface area contributed by atoms with Gasteiger partial charge in [0.1, 0.15) is 16.7 Å². The smallest absolute Gasteiger partial charge is 0.324 e. The number of anilines is 1. The quantitative estimate of drug-likeness (QED) is 0.831. The predicted octanol–water partition coefficient (Wildman–Crippen LogP) is 1.31. The molecule has 1 aliphatic rings. The van der Waals surface area contributed by atoms with Crippen molar-refractivity contribution in [1.82, 2.24) is 4.31 Å². The summed E-state index contributed by atoms with van der Waals surface area (Å²) in [5.74, 6) is -0.203. The number of carbonyl (C=O) groups excluding carboxylic acids is 1. The second kappa shape index (κ2) is 6.76. The van der Waals surface area contributed by atoms with E-state index in [2.05, 4.69) is 5.32 Å². The molecular formula is C15H22N2O5S. The van der Waals surface area contributed by atoms with Crippen LogP contribution in [0.4, 0.5) is 5.69 Å². The third-order valence-electron chi connectivity index (χ3n) is 3.81. The standard InChI is InChI=1S/C15H22N2O5S/c1-10(2)14(15(18)22-4)17-8-7-16-12-9-11(21-3)5-6-13(12)23(17,19)20/h5-6,9-10,14,16H,7-8H2,1-4H3/t14-/m1/s1. The molecule has 0 radical (unpaired) electrons. The lowest BCUT2D eigenvalue weighted by molar-refractivity contribution is -0.146. The van der Waals surface area contributed by atoms with Crippen molar-refractivity contribution in [3.63, 3.8) is 0 Å². The molecule has 1 aromatic carbocycles. The van der Waals surface area contributed by atoms with Gasteiger partial charge < -0.3 is 14.8 Å². The van der Waals surface area contributed by atoms with Gasteiger partial charge in [-0.2, -0.15) is 4.31 Å². The molecule has 0 saturated heterocycles. The number of benzene rings is 1. The van der Waals surface area contributed by atoms with Crippen LogP contribution in [0.2, 0.25) is 0 Å². The highest BCUT2D eigenvalue weighted by atomic mass is 32.2. The minimum Gasteiger partial charge on any atom is -0.497 e. The molecule has 0 fully saturated rings. The molecule has 23 heavy (non-hydrogen) atoms. The van der Waals surface area contributed by atoms with Gasteiger partial charge in [0, 0.05) is 19.2 Å². The second-order valence-corrected chi connectivity index (χ2v) is 7.48. The average Bonchev–Trinajstić information content (AvgIpc) is 2.64. The van der Waals surface area contributed by atoms with Crippen LogP contribution in [0.25, 0.3) is 0 Å². The number of rotatable bonds is 4. The lowest BCUT2D eigenvalue weighted by atomic mass is 10.0. The van der Waals surface area contributed by atoms with Crippen LogP contribution < -0.4 is 10.1 Å². The topological polar surface area (TPSA) is 84.9 Å². The molecule has 0 unspecified atom stereocenters. The number of sulfonamides is 1. The van der Waals surface area contributed by atoms with Gasteiger partial charge in [0.25, 0.3) is 0 Å². The number of nitrogens with one attached hydrogen (secondary N) is 1. The van der Waals surface area contributed by atoms with Crippen molar-refractivity contribution in [2.75, 3.05) is 32.6 Å². The zero-order chi connectivity index (χ0) is 17.2. The molecule has 1 atom stereocenters. The Morgan fingerprint density at radius 3 is 2.57 bits per heavy atom. The number of fused-ring (bicyclic) bond motifs is 1.